The van der Waals surface area contributed by atoms with Gasteiger partial charge in [0.05, 0.1) is 12.1 Å². The fourth-order valence-electron chi connectivity index (χ4n) is 2.92. The van der Waals surface area contributed by atoms with E-state index in [1.807, 2.05) is 0 Å². The first-order valence-corrected chi connectivity index (χ1v) is 8.16. The number of β-amino-alcohol motifs (C(OH)–C–C–N with tert-alkyl or cyclic N) is 1. The van der Waals surface area contributed by atoms with E-state index in [-0.39, 0.29) is 18.3 Å². The lowest BCUT2D eigenvalue weighted by Crippen LogP contribution is -2.53. The number of rotatable bonds is 3. The third kappa shape index (κ3) is 3.36. The number of hydrogen-bond acceptors (Lipinski definition) is 7. The molecule has 0 saturated carbocycles. The smallest absolute Gasteiger partial charge is 0.331 e. The minimum absolute atomic E-state index is 0.00287. The molecule has 1 fully saturated rings. The van der Waals surface area contributed by atoms with Crippen molar-refractivity contribution in [2.24, 2.45) is 14.1 Å². The van der Waals surface area contributed by atoms with Gasteiger partial charge >= 0.3 is 5.69 Å². The Morgan fingerprint density at radius 3 is 2.58 bits per heavy atom. The van der Waals surface area contributed by atoms with Crippen molar-refractivity contribution >= 4 is 11.9 Å². The van der Waals surface area contributed by atoms with Gasteiger partial charge in [-0.05, 0) is 12.5 Å². The van der Waals surface area contributed by atoms with Crippen LogP contribution in [0.2, 0.25) is 0 Å². The molecule has 2 aromatic rings. The summed E-state index contributed by atoms with van der Waals surface area (Å²) >= 11 is 0. The van der Waals surface area contributed by atoms with Crippen molar-refractivity contribution in [1.29, 1.82) is 0 Å². The number of likely N-dealkylation sites (tertiary alicyclic amines) is 1. The minimum atomic E-state index is -0.833. The number of piperidine rings is 1. The maximum Gasteiger partial charge on any atom is 0.331 e. The highest BCUT2D eigenvalue weighted by Gasteiger charge is 2.32. The molecular weight excluding hydrogens is 340 g/mol. The molecule has 0 aliphatic carbocycles. The van der Waals surface area contributed by atoms with Gasteiger partial charge in [0.15, 0.2) is 0 Å². The number of hydrogen-bond donors (Lipinski definition) is 2. The highest BCUT2D eigenvalue weighted by molar-refractivity contribution is 5.92. The summed E-state index contributed by atoms with van der Waals surface area (Å²) in [7, 11) is 2.79. The number of nitrogens with zero attached hydrogens (tertiary/aromatic N) is 5. The van der Waals surface area contributed by atoms with Crippen molar-refractivity contribution in [3.63, 3.8) is 0 Å². The van der Waals surface area contributed by atoms with Crippen LogP contribution in [0, 0.1) is 0 Å². The molecule has 10 nitrogen and oxygen atoms in total. The molecule has 2 atom stereocenters. The Morgan fingerprint density at radius 1 is 1.23 bits per heavy atom. The van der Waals surface area contributed by atoms with Gasteiger partial charge in [0.2, 0.25) is 5.95 Å². The fourth-order valence-corrected chi connectivity index (χ4v) is 2.92. The fraction of sp³-hybridized carbons (Fsp3) is 0.438. The summed E-state index contributed by atoms with van der Waals surface area (Å²) in [6, 6.07) is 2.53. The second-order valence-electron chi connectivity index (χ2n) is 6.20. The summed E-state index contributed by atoms with van der Waals surface area (Å²) in [6.45, 7) is 0.441. The summed E-state index contributed by atoms with van der Waals surface area (Å²) in [6.07, 6.45) is 2.83. The topological polar surface area (TPSA) is 122 Å². The van der Waals surface area contributed by atoms with Gasteiger partial charge in [-0.15, -0.1) is 0 Å². The standard InChI is InChI=1S/C16H20N6O4/c1-20-11(8-13(24)21(2)16(20)26)14(25)22-7-4-10(12(23)9-22)19-15-17-5-3-6-18-15/h3,5-6,8,10,12,23H,4,7,9H2,1-2H3,(H,17,18,19)/t10-,12-/m1/s1. The first-order valence-electron chi connectivity index (χ1n) is 8.16. The van der Waals surface area contributed by atoms with E-state index in [2.05, 4.69) is 15.3 Å². The van der Waals surface area contributed by atoms with Crippen molar-refractivity contribution in [1.82, 2.24) is 24.0 Å². The zero-order valence-corrected chi connectivity index (χ0v) is 14.5. The largest absolute Gasteiger partial charge is 0.389 e. The molecular formula is C16H20N6O4. The van der Waals surface area contributed by atoms with E-state index in [1.54, 1.807) is 18.5 Å². The van der Waals surface area contributed by atoms with E-state index in [0.717, 1.165) is 15.2 Å². The number of aliphatic hydroxyl groups excluding tert-OH is 1. The predicted molar refractivity (Wildman–Crippen MR) is 92.9 cm³/mol. The van der Waals surface area contributed by atoms with E-state index in [0.29, 0.717) is 18.9 Å². The van der Waals surface area contributed by atoms with Crippen LogP contribution < -0.4 is 16.6 Å². The predicted octanol–water partition coefficient (Wildman–Crippen LogP) is -1.44. The average Bonchev–Trinajstić information content (AvgIpc) is 2.65. The number of aromatic nitrogens is 4. The second-order valence-corrected chi connectivity index (χ2v) is 6.20. The molecule has 10 heteroatoms. The Hall–Kier alpha value is -3.01. The Kier molecular flexibility index (Phi) is 4.85. The maximum absolute atomic E-state index is 12.7. The van der Waals surface area contributed by atoms with Crippen LogP contribution in [0.4, 0.5) is 5.95 Å². The van der Waals surface area contributed by atoms with E-state index in [9.17, 15) is 19.5 Å². The zero-order chi connectivity index (χ0) is 18.8. The van der Waals surface area contributed by atoms with Crippen LogP contribution in [0.3, 0.4) is 0 Å². The number of anilines is 1. The maximum atomic E-state index is 12.7. The quantitative estimate of drug-likeness (QED) is 0.687. The molecule has 0 unspecified atom stereocenters. The van der Waals surface area contributed by atoms with Crippen molar-refractivity contribution in [3.8, 4) is 0 Å². The van der Waals surface area contributed by atoms with Gasteiger partial charge in [-0.2, -0.15) is 0 Å². The van der Waals surface area contributed by atoms with Crippen LogP contribution >= 0.6 is 0 Å². The first kappa shape index (κ1) is 17.8. The zero-order valence-electron chi connectivity index (χ0n) is 14.5. The summed E-state index contributed by atoms with van der Waals surface area (Å²) in [4.78, 5) is 46.1. The highest BCUT2D eigenvalue weighted by atomic mass is 16.3. The molecule has 1 amide bonds. The van der Waals surface area contributed by atoms with Crippen molar-refractivity contribution in [2.75, 3.05) is 18.4 Å². The number of carbonyl (C=O) groups is 1. The average molecular weight is 360 g/mol. The molecule has 1 aliphatic rings. The molecule has 1 aliphatic heterocycles. The van der Waals surface area contributed by atoms with Gasteiger partial charge < -0.3 is 15.3 Å². The molecule has 0 bridgehead atoms. The molecule has 1 saturated heterocycles. The van der Waals surface area contributed by atoms with Gasteiger partial charge in [-0.25, -0.2) is 14.8 Å². The van der Waals surface area contributed by atoms with Crippen molar-refractivity contribution < 1.29 is 9.90 Å². The molecule has 0 aromatic carbocycles. The summed E-state index contributed by atoms with van der Waals surface area (Å²) < 4.78 is 2.07. The number of carbonyl (C=O) groups excluding carboxylic acids is 1. The summed E-state index contributed by atoms with van der Waals surface area (Å²) in [5.41, 5.74) is -1.11. The molecule has 2 aromatic heterocycles. The van der Waals surface area contributed by atoms with Gasteiger partial charge in [0, 0.05) is 45.6 Å². The van der Waals surface area contributed by atoms with Gasteiger partial charge in [0.25, 0.3) is 11.5 Å². The second kappa shape index (κ2) is 7.08. The molecule has 3 rings (SSSR count). The van der Waals surface area contributed by atoms with Gasteiger partial charge in [-0.1, -0.05) is 0 Å². The normalized spacial score (nSPS) is 20.0. The highest BCUT2D eigenvalue weighted by Crippen LogP contribution is 2.16. The summed E-state index contributed by atoms with van der Waals surface area (Å²) in [5.74, 6) is -0.0546. The molecule has 0 radical (unpaired) electrons. The Morgan fingerprint density at radius 2 is 1.92 bits per heavy atom. The molecule has 2 N–H and O–H groups in total. The molecule has 26 heavy (non-hydrogen) atoms. The number of aliphatic hydroxyl groups is 1. The number of amides is 1. The van der Waals surface area contributed by atoms with Crippen LogP contribution in [-0.2, 0) is 14.1 Å². The first-order chi connectivity index (χ1) is 12.4. The Balaban J connectivity index is 1.74. The van der Waals surface area contributed by atoms with Crippen LogP contribution in [0.1, 0.15) is 16.9 Å². The van der Waals surface area contributed by atoms with Gasteiger partial charge in [-0.3, -0.25) is 18.7 Å². The minimum Gasteiger partial charge on any atom is -0.389 e. The van der Waals surface area contributed by atoms with Crippen molar-refractivity contribution in [2.45, 2.75) is 18.6 Å². The lowest BCUT2D eigenvalue weighted by atomic mass is 10.0. The van der Waals surface area contributed by atoms with Crippen molar-refractivity contribution in [3.05, 3.63) is 51.1 Å². The lowest BCUT2D eigenvalue weighted by molar-refractivity contribution is 0.0416. The molecule has 0 spiro atoms. The molecule has 3 heterocycles. The monoisotopic (exact) mass is 360 g/mol. The van der Waals surface area contributed by atoms with E-state index in [1.165, 1.54) is 19.0 Å². The van der Waals surface area contributed by atoms with Crippen LogP contribution in [-0.4, -0.2) is 60.3 Å². The summed E-state index contributed by atoms with van der Waals surface area (Å²) in [5, 5.41) is 13.4. The Bertz CT molecular complexity index is 923. The van der Waals surface area contributed by atoms with E-state index < -0.39 is 23.3 Å². The van der Waals surface area contributed by atoms with Gasteiger partial charge in [0.1, 0.15) is 5.69 Å². The van der Waals surface area contributed by atoms with Crippen LogP contribution in [0.15, 0.2) is 34.1 Å². The Labute approximate surface area is 148 Å². The third-order valence-electron chi connectivity index (χ3n) is 4.49. The molecule has 138 valence electrons. The SMILES string of the molecule is Cn1c(C(=O)N2CC[C@@H](Nc3ncccn3)[C@H](O)C2)cc(=O)n(C)c1=O. The van der Waals surface area contributed by atoms with Crippen LogP contribution in [0.25, 0.3) is 0 Å². The lowest BCUT2D eigenvalue weighted by Gasteiger charge is -2.36. The van der Waals surface area contributed by atoms with E-state index >= 15 is 0 Å². The third-order valence-corrected chi connectivity index (χ3v) is 4.49. The van der Waals surface area contributed by atoms with E-state index in [4.69, 9.17) is 0 Å². The number of nitrogens with one attached hydrogen (secondary N) is 1. The van der Waals surface area contributed by atoms with Crippen LogP contribution in [0.5, 0.6) is 0 Å².